The van der Waals surface area contributed by atoms with Crippen LogP contribution in [0.3, 0.4) is 0 Å². The SMILES string of the molecule is CN1CCCN(C)C(c2noc(-c3cn[nH]c3C#N)n2)C1. The molecule has 0 aliphatic carbocycles. The third-order valence-corrected chi connectivity index (χ3v) is 3.79. The van der Waals surface area contributed by atoms with Gasteiger partial charge in [0.15, 0.2) is 5.82 Å². The summed E-state index contributed by atoms with van der Waals surface area (Å²) in [6, 6.07) is 2.11. The van der Waals surface area contributed by atoms with Crippen molar-refractivity contribution < 1.29 is 4.52 Å². The molecule has 8 heteroatoms. The summed E-state index contributed by atoms with van der Waals surface area (Å²) in [5, 5.41) is 19.6. The molecule has 110 valence electrons. The van der Waals surface area contributed by atoms with E-state index in [1.807, 2.05) is 6.07 Å². The highest BCUT2D eigenvalue weighted by atomic mass is 16.5. The fourth-order valence-electron chi connectivity index (χ4n) is 2.56. The minimum atomic E-state index is 0.0902. The lowest BCUT2D eigenvalue weighted by molar-refractivity contribution is 0.215. The zero-order valence-electron chi connectivity index (χ0n) is 12.1. The molecule has 3 heterocycles. The van der Waals surface area contributed by atoms with Crippen molar-refractivity contribution >= 4 is 0 Å². The van der Waals surface area contributed by atoms with Crippen molar-refractivity contribution in [3.05, 3.63) is 17.7 Å². The van der Waals surface area contributed by atoms with E-state index in [9.17, 15) is 0 Å². The number of hydrogen-bond acceptors (Lipinski definition) is 7. The number of aromatic amines is 1. The Morgan fingerprint density at radius 1 is 1.43 bits per heavy atom. The van der Waals surface area contributed by atoms with Crippen LogP contribution in [0.5, 0.6) is 0 Å². The zero-order chi connectivity index (χ0) is 14.8. The fraction of sp³-hybridized carbons (Fsp3) is 0.538. The van der Waals surface area contributed by atoms with Gasteiger partial charge in [-0.15, -0.1) is 0 Å². The van der Waals surface area contributed by atoms with Gasteiger partial charge >= 0.3 is 0 Å². The van der Waals surface area contributed by atoms with Gasteiger partial charge in [0.2, 0.25) is 0 Å². The van der Waals surface area contributed by atoms with Gasteiger partial charge in [0.05, 0.1) is 17.8 Å². The minimum absolute atomic E-state index is 0.0902. The number of rotatable bonds is 2. The van der Waals surface area contributed by atoms with Gasteiger partial charge in [-0.25, -0.2) is 0 Å². The maximum atomic E-state index is 9.01. The lowest BCUT2D eigenvalue weighted by Crippen LogP contribution is -2.31. The summed E-state index contributed by atoms with van der Waals surface area (Å²) in [5.41, 5.74) is 0.873. The lowest BCUT2D eigenvalue weighted by Gasteiger charge is -2.24. The Morgan fingerprint density at radius 2 is 2.29 bits per heavy atom. The normalized spacial score (nSPS) is 21.1. The molecule has 3 rings (SSSR count). The predicted octanol–water partition coefficient (Wildman–Crippen LogP) is 0.640. The Bertz CT molecular complexity index is 656. The third kappa shape index (κ3) is 2.66. The van der Waals surface area contributed by atoms with Crippen LogP contribution in [0.15, 0.2) is 10.7 Å². The molecule has 0 saturated carbocycles. The second-order valence-electron chi connectivity index (χ2n) is 5.34. The monoisotopic (exact) mass is 287 g/mol. The van der Waals surface area contributed by atoms with E-state index in [0.717, 1.165) is 26.1 Å². The number of hydrogen-bond donors (Lipinski definition) is 1. The van der Waals surface area contributed by atoms with Gasteiger partial charge in [-0.3, -0.25) is 10.00 Å². The molecule has 8 nitrogen and oxygen atoms in total. The molecule has 2 aromatic rings. The van der Waals surface area contributed by atoms with E-state index in [1.54, 1.807) is 0 Å². The maximum Gasteiger partial charge on any atom is 0.262 e. The third-order valence-electron chi connectivity index (χ3n) is 3.79. The summed E-state index contributed by atoms with van der Waals surface area (Å²) in [7, 11) is 4.16. The molecule has 1 N–H and O–H groups in total. The number of likely N-dealkylation sites (N-methyl/N-ethyl adjacent to an activating group) is 2. The zero-order valence-corrected chi connectivity index (χ0v) is 12.1. The van der Waals surface area contributed by atoms with Crippen molar-refractivity contribution in [1.29, 1.82) is 5.26 Å². The van der Waals surface area contributed by atoms with Crippen molar-refractivity contribution in [1.82, 2.24) is 30.1 Å². The number of nitrogens with one attached hydrogen (secondary N) is 1. The van der Waals surface area contributed by atoms with Crippen LogP contribution >= 0.6 is 0 Å². The van der Waals surface area contributed by atoms with Gasteiger partial charge in [0, 0.05) is 6.54 Å². The highest BCUT2D eigenvalue weighted by Gasteiger charge is 2.27. The van der Waals surface area contributed by atoms with Crippen LogP contribution in [0.25, 0.3) is 11.5 Å². The molecule has 1 unspecified atom stereocenters. The first-order chi connectivity index (χ1) is 10.2. The van der Waals surface area contributed by atoms with E-state index < -0.39 is 0 Å². The fourth-order valence-corrected chi connectivity index (χ4v) is 2.56. The van der Waals surface area contributed by atoms with Gasteiger partial charge in [0.1, 0.15) is 11.8 Å². The molecule has 1 saturated heterocycles. The summed E-state index contributed by atoms with van der Waals surface area (Å²) < 4.78 is 5.31. The summed E-state index contributed by atoms with van der Waals surface area (Å²) >= 11 is 0. The highest BCUT2D eigenvalue weighted by Crippen LogP contribution is 2.25. The predicted molar refractivity (Wildman–Crippen MR) is 74.1 cm³/mol. The summed E-state index contributed by atoms with van der Waals surface area (Å²) in [5.74, 6) is 0.974. The highest BCUT2D eigenvalue weighted by molar-refractivity contribution is 5.59. The van der Waals surface area contributed by atoms with Crippen LogP contribution in [-0.4, -0.2) is 63.9 Å². The summed E-state index contributed by atoms with van der Waals surface area (Å²) in [6.45, 7) is 2.91. The van der Waals surface area contributed by atoms with Gasteiger partial charge < -0.3 is 9.42 Å². The average Bonchev–Trinajstić information content (AvgIpc) is 3.09. The quantitative estimate of drug-likeness (QED) is 0.865. The first-order valence-corrected chi connectivity index (χ1v) is 6.85. The van der Waals surface area contributed by atoms with Crippen LogP contribution in [0.2, 0.25) is 0 Å². The summed E-state index contributed by atoms with van der Waals surface area (Å²) in [4.78, 5) is 8.96. The first kappa shape index (κ1) is 13.7. The van der Waals surface area contributed by atoms with Crippen molar-refractivity contribution in [3.8, 4) is 17.5 Å². The van der Waals surface area contributed by atoms with Crippen molar-refractivity contribution in [2.45, 2.75) is 12.5 Å². The van der Waals surface area contributed by atoms with Crippen LogP contribution in [0, 0.1) is 11.3 Å². The molecule has 1 aliphatic rings. The topological polar surface area (TPSA) is 97.9 Å². The van der Waals surface area contributed by atoms with E-state index in [1.165, 1.54) is 6.20 Å². The first-order valence-electron chi connectivity index (χ1n) is 6.85. The molecule has 0 aromatic carbocycles. The average molecular weight is 287 g/mol. The number of H-pyrrole nitrogens is 1. The lowest BCUT2D eigenvalue weighted by atomic mass is 10.2. The standard InChI is InChI=1S/C13H17N7O/c1-19-4-3-5-20(2)11(8-19)12-16-13(21-18-12)9-7-15-17-10(9)6-14/h7,11H,3-5,8H2,1-2H3,(H,15,17). The Morgan fingerprint density at radius 3 is 3.10 bits per heavy atom. The van der Waals surface area contributed by atoms with E-state index in [-0.39, 0.29) is 6.04 Å². The largest absolute Gasteiger partial charge is 0.334 e. The van der Waals surface area contributed by atoms with E-state index in [0.29, 0.717) is 23.0 Å². The number of aromatic nitrogens is 4. The molecule has 0 bridgehead atoms. The molecule has 0 radical (unpaired) electrons. The van der Waals surface area contributed by atoms with Crippen molar-refractivity contribution in [2.75, 3.05) is 33.7 Å². The van der Waals surface area contributed by atoms with E-state index >= 15 is 0 Å². The smallest absolute Gasteiger partial charge is 0.262 e. The van der Waals surface area contributed by atoms with Crippen LogP contribution in [-0.2, 0) is 0 Å². The molecular weight excluding hydrogens is 270 g/mol. The molecule has 1 aliphatic heterocycles. The molecule has 0 amide bonds. The Labute approximate surface area is 122 Å². The molecule has 21 heavy (non-hydrogen) atoms. The van der Waals surface area contributed by atoms with Gasteiger partial charge in [-0.1, -0.05) is 5.16 Å². The van der Waals surface area contributed by atoms with E-state index in [4.69, 9.17) is 9.78 Å². The van der Waals surface area contributed by atoms with E-state index in [2.05, 4.69) is 44.2 Å². The maximum absolute atomic E-state index is 9.01. The Hall–Kier alpha value is -2.24. The van der Waals surface area contributed by atoms with Crippen LogP contribution < -0.4 is 0 Å². The van der Waals surface area contributed by atoms with Crippen molar-refractivity contribution in [3.63, 3.8) is 0 Å². The molecular formula is C13H17N7O. The second kappa shape index (κ2) is 5.63. The second-order valence-corrected chi connectivity index (χ2v) is 5.34. The number of nitriles is 1. The Kier molecular flexibility index (Phi) is 3.68. The minimum Gasteiger partial charge on any atom is -0.334 e. The van der Waals surface area contributed by atoms with Gasteiger partial charge in [-0.2, -0.15) is 15.3 Å². The van der Waals surface area contributed by atoms with Gasteiger partial charge in [-0.05, 0) is 33.6 Å². The molecule has 1 fully saturated rings. The van der Waals surface area contributed by atoms with Crippen LogP contribution in [0.4, 0.5) is 0 Å². The summed E-state index contributed by atoms with van der Waals surface area (Å²) in [6.07, 6.45) is 2.65. The molecule has 0 spiro atoms. The van der Waals surface area contributed by atoms with Crippen LogP contribution in [0.1, 0.15) is 24.0 Å². The van der Waals surface area contributed by atoms with Gasteiger partial charge in [0.25, 0.3) is 5.89 Å². The molecule has 1 atom stereocenters. The number of nitrogens with zero attached hydrogens (tertiary/aromatic N) is 6. The Balaban J connectivity index is 1.89. The molecule has 2 aromatic heterocycles. The van der Waals surface area contributed by atoms with Crippen molar-refractivity contribution in [2.24, 2.45) is 0 Å².